The van der Waals surface area contributed by atoms with E-state index >= 15 is 0 Å². The third kappa shape index (κ3) is 4.39. The summed E-state index contributed by atoms with van der Waals surface area (Å²) in [5.41, 5.74) is -6.70. The van der Waals surface area contributed by atoms with Gasteiger partial charge in [0.25, 0.3) is 15.7 Å². The van der Waals surface area contributed by atoms with Crippen molar-refractivity contribution < 1.29 is 35.9 Å². The zero-order chi connectivity index (χ0) is 23.2. The molecule has 2 aromatic carbocycles. The molecular formula is C19H18ClF4NO4S. The number of phenolic OH excluding ortho intramolecular Hbond substituents is 1. The maximum Gasteiger partial charge on any atom is 0.501 e. The van der Waals surface area contributed by atoms with E-state index in [1.54, 1.807) is 20.8 Å². The van der Waals surface area contributed by atoms with Gasteiger partial charge in [-0.15, -0.1) is 0 Å². The number of carbonyl (C=O) groups is 1. The van der Waals surface area contributed by atoms with Gasteiger partial charge in [-0.25, -0.2) is 12.8 Å². The molecule has 0 bridgehead atoms. The number of phenols is 1. The Kier molecular flexibility index (Phi) is 6.17. The summed E-state index contributed by atoms with van der Waals surface area (Å²) in [6, 6.07) is 3.43. The van der Waals surface area contributed by atoms with Gasteiger partial charge in [-0.05, 0) is 36.6 Å². The largest absolute Gasteiger partial charge is 0.507 e. The Morgan fingerprint density at radius 2 is 1.70 bits per heavy atom. The van der Waals surface area contributed by atoms with Crippen molar-refractivity contribution >= 4 is 33.0 Å². The van der Waals surface area contributed by atoms with Crippen molar-refractivity contribution in [3.05, 3.63) is 51.8 Å². The van der Waals surface area contributed by atoms with Crippen LogP contribution in [0.15, 0.2) is 29.2 Å². The summed E-state index contributed by atoms with van der Waals surface area (Å²) in [5, 5.41) is 12.0. The molecule has 5 nitrogen and oxygen atoms in total. The van der Waals surface area contributed by atoms with Crippen molar-refractivity contribution in [3.8, 4) is 5.75 Å². The highest BCUT2D eigenvalue weighted by Crippen LogP contribution is 2.38. The van der Waals surface area contributed by atoms with Crippen molar-refractivity contribution in [2.24, 2.45) is 0 Å². The Morgan fingerprint density at radius 1 is 1.13 bits per heavy atom. The Morgan fingerprint density at radius 3 is 2.17 bits per heavy atom. The van der Waals surface area contributed by atoms with Gasteiger partial charge >= 0.3 is 5.51 Å². The monoisotopic (exact) mass is 467 g/mol. The minimum absolute atomic E-state index is 0.139. The number of alkyl halides is 3. The molecule has 0 saturated heterocycles. The van der Waals surface area contributed by atoms with E-state index in [1.807, 2.05) is 0 Å². The Bertz CT molecular complexity index is 1120. The van der Waals surface area contributed by atoms with E-state index in [2.05, 4.69) is 5.32 Å². The highest BCUT2D eigenvalue weighted by molar-refractivity contribution is 7.92. The van der Waals surface area contributed by atoms with Crippen LogP contribution in [0.3, 0.4) is 0 Å². The van der Waals surface area contributed by atoms with Gasteiger partial charge in [-0.2, -0.15) is 13.2 Å². The molecule has 0 heterocycles. The van der Waals surface area contributed by atoms with E-state index in [4.69, 9.17) is 11.6 Å². The lowest BCUT2D eigenvalue weighted by Crippen LogP contribution is -2.23. The molecule has 2 N–H and O–H groups in total. The second-order valence-electron chi connectivity index (χ2n) is 7.55. The van der Waals surface area contributed by atoms with Crippen molar-refractivity contribution in [3.63, 3.8) is 0 Å². The van der Waals surface area contributed by atoms with E-state index in [1.165, 1.54) is 6.92 Å². The van der Waals surface area contributed by atoms with Crippen molar-refractivity contribution in [2.45, 2.75) is 43.5 Å². The Hall–Kier alpha value is -2.33. The lowest BCUT2D eigenvalue weighted by molar-refractivity contribution is -0.0436. The number of nitrogens with one attached hydrogen (secondary N) is 1. The fraction of sp³-hybridized carbons (Fsp3) is 0.316. The van der Waals surface area contributed by atoms with Crippen LogP contribution in [-0.2, 0) is 15.3 Å². The van der Waals surface area contributed by atoms with E-state index in [-0.39, 0.29) is 22.4 Å². The van der Waals surface area contributed by atoms with E-state index in [0.29, 0.717) is 6.07 Å². The molecule has 1 amide bonds. The van der Waals surface area contributed by atoms with Gasteiger partial charge in [0, 0.05) is 16.8 Å². The molecule has 0 aliphatic heterocycles. The number of amides is 1. The summed E-state index contributed by atoms with van der Waals surface area (Å²) in [6.07, 6.45) is 0. The summed E-state index contributed by atoms with van der Waals surface area (Å²) >= 11 is 5.68. The molecule has 0 spiro atoms. The highest BCUT2D eigenvalue weighted by atomic mass is 35.5. The first-order valence-corrected chi connectivity index (χ1v) is 10.3. The molecular weight excluding hydrogens is 450 g/mol. The number of rotatable bonds is 3. The average Bonchev–Trinajstić information content (AvgIpc) is 2.56. The number of hydrogen-bond acceptors (Lipinski definition) is 4. The number of halogens is 5. The van der Waals surface area contributed by atoms with Crippen LogP contribution >= 0.6 is 11.6 Å². The summed E-state index contributed by atoms with van der Waals surface area (Å²) in [5.74, 6) is -2.12. The van der Waals surface area contributed by atoms with Crippen LogP contribution in [0.2, 0.25) is 5.02 Å². The van der Waals surface area contributed by atoms with Crippen LogP contribution in [0.5, 0.6) is 5.75 Å². The van der Waals surface area contributed by atoms with Gasteiger partial charge in [-0.1, -0.05) is 32.4 Å². The van der Waals surface area contributed by atoms with E-state index in [9.17, 15) is 35.9 Å². The number of hydrogen-bond donors (Lipinski definition) is 2. The summed E-state index contributed by atoms with van der Waals surface area (Å²) in [6.45, 7) is 6.40. The molecule has 0 atom stereocenters. The lowest BCUT2D eigenvalue weighted by atomic mass is 9.84. The second kappa shape index (κ2) is 7.73. The fourth-order valence-electron chi connectivity index (χ4n) is 2.70. The molecule has 164 valence electrons. The fourth-order valence-corrected chi connectivity index (χ4v) is 4.00. The highest BCUT2D eigenvalue weighted by Gasteiger charge is 2.47. The zero-order valence-corrected chi connectivity index (χ0v) is 17.9. The van der Waals surface area contributed by atoms with E-state index in [0.717, 1.165) is 18.2 Å². The van der Waals surface area contributed by atoms with Gasteiger partial charge in [0.1, 0.15) is 11.6 Å². The van der Waals surface area contributed by atoms with Crippen LogP contribution in [-0.4, -0.2) is 24.9 Å². The third-order valence-corrected chi connectivity index (χ3v) is 6.28. The maximum atomic E-state index is 14.3. The normalized spacial score (nSPS) is 12.7. The molecule has 0 aromatic heterocycles. The Labute approximate surface area is 175 Å². The molecule has 0 aliphatic rings. The molecule has 0 saturated carbocycles. The number of benzene rings is 2. The van der Waals surface area contributed by atoms with Crippen molar-refractivity contribution in [2.75, 3.05) is 5.32 Å². The number of sulfone groups is 1. The molecule has 2 aromatic rings. The molecule has 11 heteroatoms. The van der Waals surface area contributed by atoms with Crippen LogP contribution in [0.4, 0.5) is 23.2 Å². The van der Waals surface area contributed by atoms with Gasteiger partial charge in [0.15, 0.2) is 0 Å². The minimum Gasteiger partial charge on any atom is -0.507 e. The molecule has 0 unspecified atom stereocenters. The summed E-state index contributed by atoms with van der Waals surface area (Å²) in [4.78, 5) is 11.5. The van der Waals surface area contributed by atoms with Gasteiger partial charge in [0.2, 0.25) is 0 Å². The average molecular weight is 468 g/mol. The van der Waals surface area contributed by atoms with Crippen LogP contribution in [0, 0.1) is 12.7 Å². The third-order valence-electron chi connectivity index (χ3n) is 4.32. The predicted octanol–water partition coefficient (Wildman–Crippen LogP) is 5.34. The number of aromatic hydroxyl groups is 1. The van der Waals surface area contributed by atoms with Gasteiger partial charge < -0.3 is 10.4 Å². The lowest BCUT2D eigenvalue weighted by Gasteiger charge is -2.23. The second-order valence-corrected chi connectivity index (χ2v) is 9.87. The quantitative estimate of drug-likeness (QED) is 0.597. The zero-order valence-electron chi connectivity index (χ0n) is 16.3. The smallest absolute Gasteiger partial charge is 0.501 e. The standard InChI is InChI=1S/C19H18ClF4NO4S/c1-9-13(21)8-11(18(2,3)4)16(26)15(9)17(27)25-10-5-6-14(12(20)7-10)30(28,29)19(22,23)24/h5-8,26H,1-4H3,(H,25,27). The minimum atomic E-state index is -5.68. The maximum absolute atomic E-state index is 14.3. The SMILES string of the molecule is Cc1c(F)cc(C(C)(C)C)c(O)c1C(=O)Nc1ccc(S(=O)(=O)C(F)(F)F)c(Cl)c1. The molecule has 2 rings (SSSR count). The summed E-state index contributed by atoms with van der Waals surface area (Å²) in [7, 11) is -5.68. The molecule has 0 aliphatic carbocycles. The Balaban J connectivity index is 2.48. The van der Waals surface area contributed by atoms with Crippen LogP contribution in [0.25, 0.3) is 0 Å². The number of anilines is 1. The van der Waals surface area contributed by atoms with Crippen molar-refractivity contribution in [1.29, 1.82) is 0 Å². The van der Waals surface area contributed by atoms with E-state index < -0.39 is 48.2 Å². The predicted molar refractivity (Wildman–Crippen MR) is 104 cm³/mol. The van der Waals surface area contributed by atoms with Crippen LogP contribution in [0.1, 0.15) is 42.3 Å². The first-order valence-electron chi connectivity index (χ1n) is 8.43. The molecule has 0 radical (unpaired) electrons. The van der Waals surface area contributed by atoms with Gasteiger partial charge in [-0.3, -0.25) is 4.79 Å². The molecule has 30 heavy (non-hydrogen) atoms. The topological polar surface area (TPSA) is 83.5 Å². The van der Waals surface area contributed by atoms with Gasteiger partial charge in [0.05, 0.1) is 15.5 Å². The number of carbonyl (C=O) groups excluding carboxylic acids is 1. The summed E-state index contributed by atoms with van der Waals surface area (Å²) < 4.78 is 75.5. The van der Waals surface area contributed by atoms with Crippen LogP contribution < -0.4 is 5.32 Å². The molecule has 0 fully saturated rings. The first-order chi connectivity index (χ1) is 13.5. The van der Waals surface area contributed by atoms with Crippen molar-refractivity contribution in [1.82, 2.24) is 0 Å². The first kappa shape index (κ1) is 23.9.